The van der Waals surface area contributed by atoms with Crippen LogP contribution < -0.4 is 34.7 Å². The van der Waals surface area contributed by atoms with E-state index in [9.17, 15) is 24.2 Å². The van der Waals surface area contributed by atoms with Gasteiger partial charge in [0, 0.05) is 35.7 Å². The third kappa shape index (κ3) is 6.14. The van der Waals surface area contributed by atoms with Gasteiger partial charge in [-0.05, 0) is 41.5 Å². The molecule has 7 heteroatoms. The number of allylic oxidation sites excluding steroid dienone is 1. The van der Waals surface area contributed by atoms with Gasteiger partial charge in [-0.2, -0.15) is 0 Å². The van der Waals surface area contributed by atoms with E-state index in [1.165, 1.54) is 18.2 Å². The minimum atomic E-state index is -1.41. The predicted molar refractivity (Wildman–Crippen MR) is 110 cm³/mol. The van der Waals surface area contributed by atoms with Crippen molar-refractivity contribution in [2.45, 2.75) is 38.7 Å². The number of halogens is 1. The van der Waals surface area contributed by atoms with Gasteiger partial charge >= 0.3 is 29.6 Å². The number of ketones is 1. The number of fused-ring (bicyclic) bond motifs is 1. The van der Waals surface area contributed by atoms with E-state index in [4.69, 9.17) is 4.42 Å². The molecule has 1 aromatic heterocycles. The SMILES string of the molecule is CC(C)c1oc2cccc(-c3ccc(F)cc3)c2c1C=CC(=O)CC(O)CC(=O)[O-].[Na+]. The molecule has 3 aromatic rings. The second-order valence-electron chi connectivity index (χ2n) is 7.45. The summed E-state index contributed by atoms with van der Waals surface area (Å²) in [5.41, 5.74) is 3.02. The Hall–Kier alpha value is -2.25. The van der Waals surface area contributed by atoms with Crippen molar-refractivity contribution in [3.8, 4) is 11.1 Å². The molecule has 3 rings (SSSR count). The summed E-state index contributed by atoms with van der Waals surface area (Å²) in [6.07, 6.45) is 0.730. The fourth-order valence-corrected chi connectivity index (χ4v) is 3.40. The number of rotatable bonds is 8. The summed E-state index contributed by atoms with van der Waals surface area (Å²) in [7, 11) is 0. The van der Waals surface area contributed by atoms with E-state index in [0.29, 0.717) is 11.3 Å². The number of carboxylic acids is 1. The van der Waals surface area contributed by atoms with E-state index in [-0.39, 0.29) is 47.7 Å². The van der Waals surface area contributed by atoms with Gasteiger partial charge in [0.2, 0.25) is 0 Å². The molecular weight excluding hydrogens is 410 g/mol. The predicted octanol–water partition coefficient (Wildman–Crippen LogP) is 0.840. The Morgan fingerprint density at radius 1 is 1.13 bits per heavy atom. The van der Waals surface area contributed by atoms with Crippen molar-refractivity contribution >= 4 is 28.8 Å². The van der Waals surface area contributed by atoms with Gasteiger partial charge in [-0.1, -0.05) is 38.1 Å². The molecule has 0 radical (unpaired) electrons. The summed E-state index contributed by atoms with van der Waals surface area (Å²) < 4.78 is 19.4. The minimum Gasteiger partial charge on any atom is -0.550 e. The van der Waals surface area contributed by atoms with Crippen LogP contribution in [0.4, 0.5) is 4.39 Å². The molecule has 0 amide bonds. The van der Waals surface area contributed by atoms with Crippen LogP contribution in [0, 0.1) is 5.82 Å². The van der Waals surface area contributed by atoms with Gasteiger partial charge in [-0.3, -0.25) is 4.79 Å². The Morgan fingerprint density at radius 2 is 1.81 bits per heavy atom. The van der Waals surface area contributed by atoms with E-state index in [0.717, 1.165) is 22.1 Å². The Morgan fingerprint density at radius 3 is 2.42 bits per heavy atom. The molecule has 2 aromatic carbocycles. The zero-order valence-electron chi connectivity index (χ0n) is 17.7. The van der Waals surface area contributed by atoms with Gasteiger partial charge < -0.3 is 19.4 Å². The first kappa shape index (κ1) is 25.0. The topological polar surface area (TPSA) is 90.6 Å². The Bertz CT molecular complexity index is 1100. The van der Waals surface area contributed by atoms with Gasteiger partial charge in [0.05, 0.1) is 6.10 Å². The summed E-state index contributed by atoms with van der Waals surface area (Å²) in [4.78, 5) is 22.8. The van der Waals surface area contributed by atoms with Crippen molar-refractivity contribution in [3.63, 3.8) is 0 Å². The Labute approximate surface area is 201 Å². The number of carbonyl (C=O) groups is 2. The maximum absolute atomic E-state index is 13.4. The molecular formula is C24H22FNaO5. The maximum Gasteiger partial charge on any atom is 1.00 e. The summed E-state index contributed by atoms with van der Waals surface area (Å²) in [5.74, 6) is -1.42. The smallest absolute Gasteiger partial charge is 0.550 e. The molecule has 0 aliphatic carbocycles. The van der Waals surface area contributed by atoms with Crippen LogP contribution in [0.5, 0.6) is 0 Å². The molecule has 0 saturated heterocycles. The van der Waals surface area contributed by atoms with Gasteiger partial charge in [0.15, 0.2) is 5.78 Å². The van der Waals surface area contributed by atoms with E-state index in [1.54, 1.807) is 18.2 Å². The van der Waals surface area contributed by atoms with Crippen molar-refractivity contribution in [2.24, 2.45) is 0 Å². The van der Waals surface area contributed by atoms with Crippen molar-refractivity contribution in [1.29, 1.82) is 0 Å². The number of carboxylic acid groups (broad SMARTS) is 1. The third-order valence-electron chi connectivity index (χ3n) is 4.74. The summed E-state index contributed by atoms with van der Waals surface area (Å²) in [5, 5.41) is 21.0. The number of aliphatic hydroxyl groups excluding tert-OH is 1. The van der Waals surface area contributed by atoms with E-state index in [2.05, 4.69) is 0 Å². The normalized spacial score (nSPS) is 12.3. The number of aliphatic hydroxyl groups is 1. The average molecular weight is 432 g/mol. The molecule has 0 saturated carbocycles. The van der Waals surface area contributed by atoms with E-state index in [1.807, 2.05) is 32.0 Å². The number of hydrogen-bond acceptors (Lipinski definition) is 5. The van der Waals surface area contributed by atoms with E-state index < -0.39 is 24.3 Å². The molecule has 5 nitrogen and oxygen atoms in total. The van der Waals surface area contributed by atoms with Gasteiger partial charge in [-0.15, -0.1) is 0 Å². The number of carbonyl (C=O) groups excluding carboxylic acids is 2. The fraction of sp³-hybridized carbons (Fsp3) is 0.250. The molecule has 0 spiro atoms. The number of benzene rings is 2. The molecule has 1 heterocycles. The van der Waals surface area contributed by atoms with Crippen LogP contribution in [0.15, 0.2) is 53.0 Å². The molecule has 0 fully saturated rings. The van der Waals surface area contributed by atoms with Crippen molar-refractivity contribution < 1.29 is 58.2 Å². The summed E-state index contributed by atoms with van der Waals surface area (Å²) in [6, 6.07) is 11.7. The van der Waals surface area contributed by atoms with Crippen molar-refractivity contribution in [2.75, 3.05) is 0 Å². The molecule has 1 unspecified atom stereocenters. The molecule has 1 N–H and O–H groups in total. The molecule has 1 atom stereocenters. The monoisotopic (exact) mass is 432 g/mol. The Balaban J connectivity index is 0.00000341. The first-order valence-corrected chi connectivity index (χ1v) is 9.66. The molecule has 0 aliphatic rings. The zero-order valence-corrected chi connectivity index (χ0v) is 19.7. The standard InChI is InChI=1S/C24H23FO5.Na/c1-14(2)24-20(11-10-17(26)12-18(27)13-22(28)29)23-19(4-3-5-21(23)30-24)15-6-8-16(25)9-7-15;/h3-11,14,18,27H,12-13H2,1-2H3,(H,28,29);/q;+1/p-1. The van der Waals surface area contributed by atoms with Gasteiger partial charge in [0.1, 0.15) is 17.2 Å². The van der Waals surface area contributed by atoms with Gasteiger partial charge in [0.25, 0.3) is 0 Å². The zero-order chi connectivity index (χ0) is 21.8. The minimum absolute atomic E-state index is 0. The quantitative estimate of drug-likeness (QED) is 0.421. The largest absolute Gasteiger partial charge is 1.00 e. The summed E-state index contributed by atoms with van der Waals surface area (Å²) in [6.45, 7) is 3.94. The van der Waals surface area contributed by atoms with Crippen LogP contribution in [0.3, 0.4) is 0 Å². The van der Waals surface area contributed by atoms with Crippen molar-refractivity contribution in [3.05, 3.63) is 65.7 Å². The van der Waals surface area contributed by atoms with Crippen LogP contribution in [0.25, 0.3) is 28.2 Å². The number of aliphatic carboxylic acids is 1. The van der Waals surface area contributed by atoms with Crippen LogP contribution in [-0.4, -0.2) is 23.0 Å². The molecule has 0 bridgehead atoms. The average Bonchev–Trinajstić information content (AvgIpc) is 3.05. The number of furan rings is 1. The van der Waals surface area contributed by atoms with Crippen molar-refractivity contribution in [1.82, 2.24) is 0 Å². The third-order valence-corrected chi connectivity index (χ3v) is 4.74. The molecule has 0 aliphatic heterocycles. The van der Waals surface area contributed by atoms with Crippen LogP contribution >= 0.6 is 0 Å². The summed E-state index contributed by atoms with van der Waals surface area (Å²) >= 11 is 0. The Kier molecular flexibility index (Phi) is 8.77. The van der Waals surface area contributed by atoms with Gasteiger partial charge in [-0.25, -0.2) is 4.39 Å². The second-order valence-corrected chi connectivity index (χ2v) is 7.45. The van der Waals surface area contributed by atoms with Crippen LogP contribution in [-0.2, 0) is 9.59 Å². The first-order chi connectivity index (χ1) is 14.3. The van der Waals surface area contributed by atoms with E-state index >= 15 is 0 Å². The fourth-order valence-electron chi connectivity index (χ4n) is 3.40. The maximum atomic E-state index is 13.4. The molecule has 156 valence electrons. The first-order valence-electron chi connectivity index (χ1n) is 9.66. The second kappa shape index (κ2) is 10.9. The van der Waals surface area contributed by atoms with Crippen LogP contribution in [0.1, 0.15) is 43.9 Å². The van der Waals surface area contributed by atoms with Crippen LogP contribution in [0.2, 0.25) is 0 Å². The molecule has 31 heavy (non-hydrogen) atoms. The number of hydrogen-bond donors (Lipinski definition) is 1.